The molecule has 1 aliphatic heterocycles. The molecule has 0 saturated carbocycles. The first-order valence-corrected chi connectivity index (χ1v) is 9.88. The van der Waals surface area contributed by atoms with Crippen LogP contribution in [0.25, 0.3) is 11.0 Å². The molecule has 0 atom stereocenters. The lowest BCUT2D eigenvalue weighted by Gasteiger charge is -2.27. The number of thiophene rings is 1. The van der Waals surface area contributed by atoms with E-state index >= 15 is 0 Å². The molecule has 0 unspecified atom stereocenters. The molecule has 0 saturated heterocycles. The lowest BCUT2D eigenvalue weighted by molar-refractivity contribution is -0.132. The van der Waals surface area contributed by atoms with Crippen LogP contribution in [-0.4, -0.2) is 49.1 Å². The zero-order valence-electron chi connectivity index (χ0n) is 15.4. The minimum Gasteiger partial charge on any atom is -0.354 e. The average molecular weight is 400 g/mol. The van der Waals surface area contributed by atoms with Crippen molar-refractivity contribution in [3.63, 3.8) is 0 Å². The van der Waals surface area contributed by atoms with Crippen LogP contribution in [0.4, 0.5) is 0 Å². The number of carbonyl (C=O) groups is 2. The molecule has 9 nitrogen and oxygen atoms in total. The number of nitrogens with zero attached hydrogens (tertiary/aromatic N) is 5. The third-order valence-corrected chi connectivity index (χ3v) is 5.88. The van der Waals surface area contributed by atoms with E-state index in [1.807, 2.05) is 4.90 Å². The Bertz CT molecular complexity index is 1100. The number of amides is 2. The SMILES string of the molecule is Cn1ncc2c(=O)n(CC(=O)NCCC(=O)N3CCc4sccc4C3)cnc21. The van der Waals surface area contributed by atoms with Crippen molar-refractivity contribution in [1.82, 2.24) is 29.5 Å². The van der Waals surface area contributed by atoms with Gasteiger partial charge in [0, 0.05) is 38.0 Å². The van der Waals surface area contributed by atoms with E-state index in [2.05, 4.69) is 26.8 Å². The van der Waals surface area contributed by atoms with Gasteiger partial charge in [-0.1, -0.05) is 0 Å². The summed E-state index contributed by atoms with van der Waals surface area (Å²) in [5.74, 6) is -0.313. The van der Waals surface area contributed by atoms with Gasteiger partial charge in [-0.05, 0) is 23.4 Å². The lowest BCUT2D eigenvalue weighted by Crippen LogP contribution is -2.38. The molecule has 0 bridgehead atoms. The monoisotopic (exact) mass is 400 g/mol. The van der Waals surface area contributed by atoms with E-state index in [1.165, 1.54) is 32.2 Å². The first-order chi connectivity index (χ1) is 13.5. The molecule has 146 valence electrons. The van der Waals surface area contributed by atoms with Crippen LogP contribution in [-0.2, 0) is 36.1 Å². The van der Waals surface area contributed by atoms with Crippen molar-refractivity contribution >= 4 is 34.2 Å². The highest BCUT2D eigenvalue weighted by molar-refractivity contribution is 7.10. The summed E-state index contributed by atoms with van der Waals surface area (Å²) in [6.45, 7) is 1.44. The highest BCUT2D eigenvalue weighted by atomic mass is 32.1. The van der Waals surface area contributed by atoms with Gasteiger partial charge in [0.15, 0.2) is 5.65 Å². The Morgan fingerprint density at radius 1 is 1.36 bits per heavy atom. The van der Waals surface area contributed by atoms with Crippen LogP contribution in [0, 0.1) is 0 Å². The summed E-state index contributed by atoms with van der Waals surface area (Å²) in [6, 6.07) is 2.06. The molecular formula is C18H20N6O3S. The van der Waals surface area contributed by atoms with Gasteiger partial charge < -0.3 is 10.2 Å². The Labute approximate surface area is 164 Å². The van der Waals surface area contributed by atoms with Crippen molar-refractivity contribution in [2.45, 2.75) is 25.9 Å². The fourth-order valence-electron chi connectivity index (χ4n) is 3.32. The molecule has 3 aromatic rings. The van der Waals surface area contributed by atoms with E-state index in [0.717, 1.165) is 6.42 Å². The van der Waals surface area contributed by atoms with Crippen molar-refractivity contribution in [2.75, 3.05) is 13.1 Å². The molecule has 3 aromatic heterocycles. The number of rotatable bonds is 5. The Hall–Kier alpha value is -3.01. The predicted molar refractivity (Wildman–Crippen MR) is 104 cm³/mol. The summed E-state index contributed by atoms with van der Waals surface area (Å²) in [6.07, 6.45) is 3.90. The minimum atomic E-state index is -0.335. The highest BCUT2D eigenvalue weighted by Gasteiger charge is 2.21. The average Bonchev–Trinajstić information content (AvgIpc) is 3.30. The number of fused-ring (bicyclic) bond motifs is 2. The van der Waals surface area contributed by atoms with Crippen molar-refractivity contribution < 1.29 is 9.59 Å². The smallest absolute Gasteiger partial charge is 0.264 e. The maximum absolute atomic E-state index is 12.4. The van der Waals surface area contributed by atoms with E-state index in [4.69, 9.17) is 0 Å². The Morgan fingerprint density at radius 2 is 2.21 bits per heavy atom. The summed E-state index contributed by atoms with van der Waals surface area (Å²) in [7, 11) is 1.70. The molecule has 1 aliphatic rings. The topological polar surface area (TPSA) is 102 Å². The Morgan fingerprint density at radius 3 is 3.07 bits per heavy atom. The second-order valence-corrected chi connectivity index (χ2v) is 7.72. The second kappa shape index (κ2) is 7.55. The van der Waals surface area contributed by atoms with Crippen molar-refractivity contribution in [2.24, 2.45) is 7.05 Å². The summed E-state index contributed by atoms with van der Waals surface area (Å²) < 4.78 is 2.75. The number of aromatic nitrogens is 4. The summed E-state index contributed by atoms with van der Waals surface area (Å²) >= 11 is 1.73. The fourth-order valence-corrected chi connectivity index (χ4v) is 4.21. The summed E-state index contributed by atoms with van der Waals surface area (Å²) in [5, 5.41) is 9.12. The van der Waals surface area contributed by atoms with E-state index in [0.29, 0.717) is 24.1 Å². The maximum atomic E-state index is 12.4. The van der Waals surface area contributed by atoms with E-state index < -0.39 is 0 Å². The van der Waals surface area contributed by atoms with Gasteiger partial charge in [-0.15, -0.1) is 11.3 Å². The molecule has 0 radical (unpaired) electrons. The molecule has 4 heterocycles. The highest BCUT2D eigenvalue weighted by Crippen LogP contribution is 2.24. The zero-order valence-corrected chi connectivity index (χ0v) is 16.2. The van der Waals surface area contributed by atoms with Gasteiger partial charge in [-0.2, -0.15) is 5.10 Å². The van der Waals surface area contributed by atoms with Crippen LogP contribution >= 0.6 is 11.3 Å². The standard InChI is InChI=1S/C18H20N6O3S/c1-22-17-13(8-21-22)18(27)24(11-20-17)10-15(25)19-5-2-16(26)23-6-3-14-12(9-23)4-7-28-14/h4,7-8,11H,2-3,5-6,9-10H2,1H3,(H,19,25). The molecule has 0 fully saturated rings. The van der Waals surface area contributed by atoms with E-state index in [9.17, 15) is 14.4 Å². The van der Waals surface area contributed by atoms with Gasteiger partial charge in [0.1, 0.15) is 18.3 Å². The van der Waals surface area contributed by atoms with Crippen LogP contribution in [0.2, 0.25) is 0 Å². The molecule has 0 spiro atoms. The quantitative estimate of drug-likeness (QED) is 0.663. The summed E-state index contributed by atoms with van der Waals surface area (Å²) in [4.78, 5) is 44.2. The number of aryl methyl sites for hydroxylation is 1. The van der Waals surface area contributed by atoms with Crippen molar-refractivity contribution in [1.29, 1.82) is 0 Å². The van der Waals surface area contributed by atoms with Gasteiger partial charge >= 0.3 is 0 Å². The third kappa shape index (κ3) is 3.55. The van der Waals surface area contributed by atoms with Gasteiger partial charge in [0.05, 0.1) is 6.20 Å². The van der Waals surface area contributed by atoms with E-state index in [1.54, 1.807) is 18.4 Å². The molecule has 0 aromatic carbocycles. The number of hydrogen-bond acceptors (Lipinski definition) is 6. The molecule has 4 rings (SSSR count). The predicted octanol–water partition coefficient (Wildman–Crippen LogP) is 0.283. The van der Waals surface area contributed by atoms with Gasteiger partial charge in [0.2, 0.25) is 11.8 Å². The van der Waals surface area contributed by atoms with E-state index in [-0.39, 0.29) is 36.9 Å². The molecule has 28 heavy (non-hydrogen) atoms. The maximum Gasteiger partial charge on any atom is 0.264 e. The summed E-state index contributed by atoms with van der Waals surface area (Å²) in [5.41, 5.74) is 1.37. The Kier molecular flexibility index (Phi) is 4.95. The number of nitrogens with one attached hydrogen (secondary N) is 1. The molecule has 0 aliphatic carbocycles. The van der Waals surface area contributed by atoms with Crippen molar-refractivity contribution in [3.8, 4) is 0 Å². The van der Waals surface area contributed by atoms with Crippen molar-refractivity contribution in [3.05, 3.63) is 44.8 Å². The molecule has 10 heteroatoms. The normalized spacial score (nSPS) is 13.5. The van der Waals surface area contributed by atoms with Gasteiger partial charge in [-0.3, -0.25) is 23.6 Å². The first-order valence-electron chi connectivity index (χ1n) is 9.00. The van der Waals surface area contributed by atoms with Crippen LogP contribution in [0.3, 0.4) is 0 Å². The van der Waals surface area contributed by atoms with Crippen LogP contribution < -0.4 is 10.9 Å². The molecular weight excluding hydrogens is 380 g/mol. The Balaban J connectivity index is 1.29. The lowest BCUT2D eigenvalue weighted by atomic mass is 10.1. The van der Waals surface area contributed by atoms with Crippen LogP contribution in [0.1, 0.15) is 16.9 Å². The second-order valence-electron chi connectivity index (χ2n) is 6.72. The number of carbonyl (C=O) groups excluding carboxylic acids is 2. The van der Waals surface area contributed by atoms with Gasteiger partial charge in [0.25, 0.3) is 5.56 Å². The molecule has 1 N–H and O–H groups in total. The minimum absolute atomic E-state index is 0.0211. The van der Waals surface area contributed by atoms with Crippen LogP contribution in [0.15, 0.2) is 28.8 Å². The first kappa shape index (κ1) is 18.4. The zero-order chi connectivity index (χ0) is 19.7. The largest absolute Gasteiger partial charge is 0.354 e. The van der Waals surface area contributed by atoms with Gasteiger partial charge in [-0.25, -0.2) is 4.98 Å². The number of hydrogen-bond donors (Lipinski definition) is 1. The fraction of sp³-hybridized carbons (Fsp3) is 0.389. The third-order valence-electron chi connectivity index (χ3n) is 4.85. The molecule has 2 amide bonds. The van der Waals surface area contributed by atoms with Crippen LogP contribution in [0.5, 0.6) is 0 Å².